The van der Waals surface area contributed by atoms with Crippen LogP contribution < -0.4 is 4.74 Å². The van der Waals surface area contributed by atoms with E-state index in [1.165, 1.54) is 24.3 Å². The normalized spacial score (nSPS) is 17.7. The van der Waals surface area contributed by atoms with Gasteiger partial charge in [-0.1, -0.05) is 18.2 Å². The Hall–Kier alpha value is -3.21. The summed E-state index contributed by atoms with van der Waals surface area (Å²) in [5.41, 5.74) is 2.52. The van der Waals surface area contributed by atoms with Gasteiger partial charge in [-0.15, -0.1) is 0 Å². The van der Waals surface area contributed by atoms with E-state index in [1.807, 2.05) is 30.3 Å². The Morgan fingerprint density at radius 1 is 1.08 bits per heavy atom. The summed E-state index contributed by atoms with van der Waals surface area (Å²) in [6, 6.07) is 13.3. The van der Waals surface area contributed by atoms with Crippen molar-refractivity contribution in [1.82, 2.24) is 0 Å². The SMILES string of the molecule is O=C1OC(c2ccc(F)cc2)=N/C1=C\C1=Cc2ccccc2OC1. The van der Waals surface area contributed by atoms with E-state index in [9.17, 15) is 9.18 Å². The van der Waals surface area contributed by atoms with E-state index in [4.69, 9.17) is 9.47 Å². The third-order valence-corrected chi connectivity index (χ3v) is 3.69. The van der Waals surface area contributed by atoms with Gasteiger partial charge in [-0.25, -0.2) is 14.2 Å². The summed E-state index contributed by atoms with van der Waals surface area (Å²) in [4.78, 5) is 16.2. The average molecular weight is 321 g/mol. The summed E-state index contributed by atoms with van der Waals surface area (Å²) in [7, 11) is 0. The summed E-state index contributed by atoms with van der Waals surface area (Å²) < 4.78 is 23.8. The number of hydrogen-bond acceptors (Lipinski definition) is 4. The maximum absolute atomic E-state index is 13.0. The largest absolute Gasteiger partial charge is 0.488 e. The molecule has 0 spiro atoms. The first kappa shape index (κ1) is 14.4. The van der Waals surface area contributed by atoms with Crippen LogP contribution >= 0.6 is 0 Å². The number of para-hydroxylation sites is 1. The lowest BCUT2D eigenvalue weighted by Gasteiger charge is -2.15. The van der Waals surface area contributed by atoms with Crippen LogP contribution in [0.5, 0.6) is 5.75 Å². The molecule has 2 aromatic carbocycles. The molecule has 5 heteroatoms. The van der Waals surface area contributed by atoms with Gasteiger partial charge in [0.25, 0.3) is 0 Å². The molecule has 4 rings (SSSR count). The van der Waals surface area contributed by atoms with Crippen molar-refractivity contribution in [3.05, 3.63) is 82.8 Å². The van der Waals surface area contributed by atoms with E-state index < -0.39 is 5.97 Å². The van der Waals surface area contributed by atoms with Gasteiger partial charge in [0.2, 0.25) is 5.90 Å². The van der Waals surface area contributed by atoms with Gasteiger partial charge in [-0.05, 0) is 48.1 Å². The molecule has 2 aromatic rings. The summed E-state index contributed by atoms with van der Waals surface area (Å²) in [6.07, 6.45) is 3.60. The highest BCUT2D eigenvalue weighted by molar-refractivity contribution is 6.11. The van der Waals surface area contributed by atoms with Gasteiger partial charge in [-0.2, -0.15) is 0 Å². The second-order valence-corrected chi connectivity index (χ2v) is 5.39. The standard InChI is InChI=1S/C19H12FNO3/c20-15-7-5-13(6-8-15)18-21-16(19(22)24-18)10-12-9-14-3-1-2-4-17(14)23-11-12/h1-10H,11H2/b16-10-. The lowest BCUT2D eigenvalue weighted by molar-refractivity contribution is -0.130. The zero-order chi connectivity index (χ0) is 16.5. The van der Waals surface area contributed by atoms with Crippen LogP contribution in [0.2, 0.25) is 0 Å². The quantitative estimate of drug-likeness (QED) is 0.628. The number of nitrogens with zero attached hydrogens (tertiary/aromatic N) is 1. The molecule has 2 heterocycles. The summed E-state index contributed by atoms with van der Waals surface area (Å²) >= 11 is 0. The van der Waals surface area contributed by atoms with E-state index in [2.05, 4.69) is 4.99 Å². The Balaban J connectivity index is 1.64. The van der Waals surface area contributed by atoms with Gasteiger partial charge in [0, 0.05) is 11.1 Å². The Labute approximate surface area is 137 Å². The van der Waals surface area contributed by atoms with Gasteiger partial charge < -0.3 is 9.47 Å². The topological polar surface area (TPSA) is 47.9 Å². The van der Waals surface area contributed by atoms with E-state index in [-0.39, 0.29) is 17.4 Å². The molecule has 0 fully saturated rings. The molecule has 0 bridgehead atoms. The fourth-order valence-corrected chi connectivity index (χ4v) is 2.52. The molecule has 118 valence electrons. The maximum Gasteiger partial charge on any atom is 0.363 e. The number of carbonyl (C=O) groups is 1. The molecule has 0 radical (unpaired) electrons. The second kappa shape index (κ2) is 5.77. The molecule has 0 saturated heterocycles. The molecule has 4 nitrogen and oxygen atoms in total. The minimum Gasteiger partial charge on any atom is -0.488 e. The van der Waals surface area contributed by atoms with Crippen molar-refractivity contribution in [2.24, 2.45) is 4.99 Å². The Kier molecular flexibility index (Phi) is 3.46. The number of hydrogen-bond donors (Lipinski definition) is 0. The third kappa shape index (κ3) is 2.72. The Morgan fingerprint density at radius 2 is 1.88 bits per heavy atom. The fourth-order valence-electron chi connectivity index (χ4n) is 2.52. The predicted octanol–water partition coefficient (Wildman–Crippen LogP) is 3.49. The monoisotopic (exact) mass is 321 g/mol. The summed E-state index contributed by atoms with van der Waals surface area (Å²) in [5.74, 6) is 0.0878. The van der Waals surface area contributed by atoms with Gasteiger partial charge in [0.1, 0.15) is 18.2 Å². The van der Waals surface area contributed by atoms with Crippen molar-refractivity contribution in [2.75, 3.05) is 6.61 Å². The van der Waals surface area contributed by atoms with E-state index in [1.54, 1.807) is 6.08 Å². The summed E-state index contributed by atoms with van der Waals surface area (Å²) in [6.45, 7) is 0.356. The molecule has 0 amide bonds. The average Bonchev–Trinajstić information content (AvgIpc) is 2.96. The van der Waals surface area contributed by atoms with Crippen molar-refractivity contribution in [2.45, 2.75) is 0 Å². The van der Waals surface area contributed by atoms with Crippen LogP contribution in [0.25, 0.3) is 6.08 Å². The number of aliphatic imine (C=N–C) groups is 1. The minimum absolute atomic E-state index is 0.170. The Bertz CT molecular complexity index is 910. The number of rotatable bonds is 2. The van der Waals surface area contributed by atoms with E-state index in [0.717, 1.165) is 16.9 Å². The smallest absolute Gasteiger partial charge is 0.363 e. The van der Waals surface area contributed by atoms with Gasteiger partial charge in [-0.3, -0.25) is 0 Å². The molecule has 0 aromatic heterocycles. The van der Waals surface area contributed by atoms with E-state index >= 15 is 0 Å². The number of cyclic esters (lactones) is 1. The van der Waals surface area contributed by atoms with Crippen LogP contribution in [0, 0.1) is 5.82 Å². The molecule has 0 N–H and O–H groups in total. The minimum atomic E-state index is -0.533. The molecular formula is C19H12FNO3. The van der Waals surface area contributed by atoms with Crippen molar-refractivity contribution in [1.29, 1.82) is 0 Å². The van der Waals surface area contributed by atoms with Gasteiger partial charge in [0.15, 0.2) is 5.70 Å². The first-order chi connectivity index (χ1) is 11.7. The lowest BCUT2D eigenvalue weighted by atomic mass is 10.1. The first-order valence-electron chi connectivity index (χ1n) is 7.40. The molecule has 0 aliphatic carbocycles. The number of carbonyl (C=O) groups excluding carboxylic acids is 1. The van der Waals surface area contributed by atoms with Crippen LogP contribution in [0.4, 0.5) is 4.39 Å². The number of ether oxygens (including phenoxy) is 2. The number of esters is 1. The first-order valence-corrected chi connectivity index (χ1v) is 7.40. The maximum atomic E-state index is 13.0. The molecule has 2 aliphatic heterocycles. The zero-order valence-corrected chi connectivity index (χ0v) is 12.5. The van der Waals surface area contributed by atoms with Crippen molar-refractivity contribution < 1.29 is 18.7 Å². The zero-order valence-electron chi connectivity index (χ0n) is 12.5. The molecule has 24 heavy (non-hydrogen) atoms. The Morgan fingerprint density at radius 3 is 2.71 bits per heavy atom. The van der Waals surface area contributed by atoms with Crippen molar-refractivity contribution in [3.8, 4) is 5.75 Å². The van der Waals surface area contributed by atoms with Crippen LogP contribution in [0.1, 0.15) is 11.1 Å². The highest BCUT2D eigenvalue weighted by Crippen LogP contribution is 2.27. The third-order valence-electron chi connectivity index (χ3n) is 3.69. The van der Waals surface area contributed by atoms with Crippen LogP contribution in [0.15, 0.2) is 70.9 Å². The van der Waals surface area contributed by atoms with Crippen LogP contribution in [-0.4, -0.2) is 18.5 Å². The van der Waals surface area contributed by atoms with E-state index in [0.29, 0.717) is 12.2 Å². The lowest BCUT2D eigenvalue weighted by Crippen LogP contribution is -2.08. The molecule has 0 atom stereocenters. The number of benzene rings is 2. The molecule has 2 aliphatic rings. The van der Waals surface area contributed by atoms with Crippen LogP contribution in [-0.2, 0) is 9.53 Å². The predicted molar refractivity (Wildman–Crippen MR) is 87.0 cm³/mol. The molecule has 0 saturated carbocycles. The highest BCUT2D eigenvalue weighted by atomic mass is 19.1. The van der Waals surface area contributed by atoms with Crippen LogP contribution in [0.3, 0.4) is 0 Å². The van der Waals surface area contributed by atoms with Gasteiger partial charge in [0.05, 0.1) is 0 Å². The molecular weight excluding hydrogens is 309 g/mol. The fraction of sp³-hybridized carbons (Fsp3) is 0.0526. The number of halogens is 1. The van der Waals surface area contributed by atoms with Gasteiger partial charge >= 0.3 is 5.97 Å². The second-order valence-electron chi connectivity index (χ2n) is 5.39. The van der Waals surface area contributed by atoms with Crippen molar-refractivity contribution >= 4 is 17.9 Å². The summed E-state index contributed by atoms with van der Waals surface area (Å²) in [5, 5.41) is 0. The molecule has 0 unspecified atom stereocenters. The highest BCUT2D eigenvalue weighted by Gasteiger charge is 2.25. The number of fused-ring (bicyclic) bond motifs is 1. The van der Waals surface area contributed by atoms with Crippen molar-refractivity contribution in [3.63, 3.8) is 0 Å².